The number of hydrogen-bond acceptors (Lipinski definition) is 5. The Kier molecular flexibility index (Phi) is 8.14. The van der Waals surface area contributed by atoms with Crippen LogP contribution in [0.1, 0.15) is 18.1 Å². The lowest BCUT2D eigenvalue weighted by molar-refractivity contribution is -0.147. The van der Waals surface area contributed by atoms with Crippen LogP contribution in [-0.2, 0) is 32.0 Å². The van der Waals surface area contributed by atoms with Crippen LogP contribution in [0.4, 0.5) is 10.1 Å². The number of anilines is 1. The summed E-state index contributed by atoms with van der Waals surface area (Å²) in [6, 6.07) is 11.5. The van der Waals surface area contributed by atoms with Gasteiger partial charge >= 0.3 is 5.97 Å². The molecular formula is C21H23FN2O5. The molecule has 8 heteroatoms. The molecule has 2 amide bonds. The fraction of sp³-hybridized carbons (Fsp3) is 0.286. The standard InChI is InChI=1S/C21H23FN2O5/c1-3-15-6-4-5-7-17(15)24-19(25)12-23-20(26)13-29-21(27)11-14-8-9-18(28-2)16(22)10-14/h4-10H,3,11-13H2,1-2H3,(H,23,26)(H,24,25). The highest BCUT2D eigenvalue weighted by Gasteiger charge is 2.12. The third-order valence-electron chi connectivity index (χ3n) is 4.05. The quantitative estimate of drug-likeness (QED) is 0.628. The second-order valence-corrected chi connectivity index (χ2v) is 6.14. The van der Waals surface area contributed by atoms with Crippen molar-refractivity contribution in [1.29, 1.82) is 0 Å². The fourth-order valence-electron chi connectivity index (χ4n) is 2.56. The Morgan fingerprint density at radius 2 is 1.83 bits per heavy atom. The predicted molar refractivity (Wildman–Crippen MR) is 105 cm³/mol. The van der Waals surface area contributed by atoms with Crippen LogP contribution in [0, 0.1) is 5.82 Å². The van der Waals surface area contributed by atoms with Crippen LogP contribution in [-0.4, -0.2) is 38.0 Å². The van der Waals surface area contributed by atoms with E-state index in [1.807, 2.05) is 25.1 Å². The molecule has 0 aliphatic rings. The molecule has 2 rings (SSSR count). The molecule has 7 nitrogen and oxygen atoms in total. The molecule has 154 valence electrons. The predicted octanol–water partition coefficient (Wildman–Crippen LogP) is 2.24. The van der Waals surface area contributed by atoms with Crippen molar-refractivity contribution in [1.82, 2.24) is 5.32 Å². The molecule has 0 aromatic heterocycles. The van der Waals surface area contributed by atoms with E-state index in [9.17, 15) is 18.8 Å². The number of benzene rings is 2. The molecule has 0 bridgehead atoms. The van der Waals surface area contributed by atoms with Crippen molar-refractivity contribution >= 4 is 23.5 Å². The Labute approximate surface area is 168 Å². The summed E-state index contributed by atoms with van der Waals surface area (Å²) >= 11 is 0. The second-order valence-electron chi connectivity index (χ2n) is 6.14. The van der Waals surface area contributed by atoms with E-state index >= 15 is 0 Å². The Hall–Kier alpha value is -3.42. The average molecular weight is 402 g/mol. The van der Waals surface area contributed by atoms with Gasteiger partial charge in [0.2, 0.25) is 5.91 Å². The highest BCUT2D eigenvalue weighted by atomic mass is 19.1. The Balaban J connectivity index is 1.73. The van der Waals surface area contributed by atoms with Crippen molar-refractivity contribution in [2.45, 2.75) is 19.8 Å². The number of methoxy groups -OCH3 is 1. The number of nitrogens with one attached hydrogen (secondary N) is 2. The maximum atomic E-state index is 13.6. The summed E-state index contributed by atoms with van der Waals surface area (Å²) in [6.45, 7) is 1.19. The van der Waals surface area contributed by atoms with Gasteiger partial charge in [0.25, 0.3) is 5.91 Å². The number of para-hydroxylation sites is 1. The number of halogens is 1. The molecule has 29 heavy (non-hydrogen) atoms. The van der Waals surface area contributed by atoms with Crippen molar-refractivity contribution in [3.05, 3.63) is 59.4 Å². The minimum absolute atomic E-state index is 0.0707. The van der Waals surface area contributed by atoms with Crippen LogP contribution in [0.2, 0.25) is 0 Å². The summed E-state index contributed by atoms with van der Waals surface area (Å²) < 4.78 is 23.3. The van der Waals surface area contributed by atoms with Gasteiger partial charge in [0, 0.05) is 5.69 Å². The van der Waals surface area contributed by atoms with Crippen molar-refractivity contribution in [2.75, 3.05) is 25.6 Å². The molecule has 2 N–H and O–H groups in total. The van der Waals surface area contributed by atoms with E-state index in [2.05, 4.69) is 10.6 Å². The molecule has 0 fully saturated rings. The van der Waals surface area contributed by atoms with Crippen LogP contribution in [0.5, 0.6) is 5.75 Å². The highest BCUT2D eigenvalue weighted by Crippen LogP contribution is 2.18. The highest BCUT2D eigenvalue weighted by molar-refractivity contribution is 5.95. The average Bonchev–Trinajstić information content (AvgIpc) is 2.71. The van der Waals surface area contributed by atoms with Gasteiger partial charge in [0.1, 0.15) is 0 Å². The summed E-state index contributed by atoms with van der Waals surface area (Å²) in [5.41, 5.74) is 2.06. The molecule has 0 aliphatic heterocycles. The van der Waals surface area contributed by atoms with Crippen molar-refractivity contribution in [2.24, 2.45) is 0 Å². The zero-order valence-corrected chi connectivity index (χ0v) is 16.3. The molecule has 2 aromatic rings. The van der Waals surface area contributed by atoms with Crippen LogP contribution in [0.15, 0.2) is 42.5 Å². The lowest BCUT2D eigenvalue weighted by Gasteiger charge is -2.10. The van der Waals surface area contributed by atoms with Gasteiger partial charge in [-0.15, -0.1) is 0 Å². The SMILES string of the molecule is CCc1ccccc1NC(=O)CNC(=O)COC(=O)Cc1ccc(OC)c(F)c1. The summed E-state index contributed by atoms with van der Waals surface area (Å²) in [5.74, 6) is -2.21. The smallest absolute Gasteiger partial charge is 0.310 e. The third kappa shape index (κ3) is 6.91. The van der Waals surface area contributed by atoms with Gasteiger partial charge in [-0.05, 0) is 35.7 Å². The van der Waals surface area contributed by atoms with Gasteiger partial charge < -0.3 is 20.1 Å². The third-order valence-corrected chi connectivity index (χ3v) is 4.05. The Morgan fingerprint density at radius 3 is 2.52 bits per heavy atom. The van der Waals surface area contributed by atoms with E-state index in [4.69, 9.17) is 9.47 Å². The molecule has 0 unspecified atom stereocenters. The number of carbonyl (C=O) groups excluding carboxylic acids is 3. The van der Waals surface area contributed by atoms with Gasteiger partial charge in [0.15, 0.2) is 18.2 Å². The topological polar surface area (TPSA) is 93.7 Å². The van der Waals surface area contributed by atoms with E-state index in [-0.39, 0.29) is 24.6 Å². The first kappa shape index (κ1) is 21.9. The van der Waals surface area contributed by atoms with E-state index in [1.165, 1.54) is 25.3 Å². The number of carbonyl (C=O) groups is 3. The van der Waals surface area contributed by atoms with Crippen LogP contribution < -0.4 is 15.4 Å². The molecule has 0 radical (unpaired) electrons. The molecule has 0 spiro atoms. The first-order chi connectivity index (χ1) is 13.9. The number of hydrogen-bond donors (Lipinski definition) is 2. The Morgan fingerprint density at radius 1 is 1.07 bits per heavy atom. The lowest BCUT2D eigenvalue weighted by Crippen LogP contribution is -2.35. The monoisotopic (exact) mass is 402 g/mol. The molecule has 0 saturated heterocycles. The van der Waals surface area contributed by atoms with Crippen molar-refractivity contribution in [3.8, 4) is 5.75 Å². The normalized spacial score (nSPS) is 10.2. The molecule has 0 aliphatic carbocycles. The van der Waals surface area contributed by atoms with Crippen LogP contribution in [0.25, 0.3) is 0 Å². The minimum atomic E-state index is -0.689. The summed E-state index contributed by atoms with van der Waals surface area (Å²) in [6.07, 6.45) is 0.569. The minimum Gasteiger partial charge on any atom is -0.494 e. The fourth-order valence-corrected chi connectivity index (χ4v) is 2.56. The summed E-state index contributed by atoms with van der Waals surface area (Å²) in [7, 11) is 1.34. The summed E-state index contributed by atoms with van der Waals surface area (Å²) in [5, 5.41) is 5.10. The first-order valence-electron chi connectivity index (χ1n) is 9.05. The largest absolute Gasteiger partial charge is 0.494 e. The number of amides is 2. The number of ether oxygens (including phenoxy) is 2. The Bertz CT molecular complexity index is 885. The maximum Gasteiger partial charge on any atom is 0.310 e. The molecular weight excluding hydrogens is 379 g/mol. The van der Waals surface area contributed by atoms with Crippen molar-refractivity contribution in [3.63, 3.8) is 0 Å². The number of esters is 1. The van der Waals surface area contributed by atoms with Gasteiger partial charge in [-0.2, -0.15) is 0 Å². The van der Waals surface area contributed by atoms with E-state index in [0.717, 1.165) is 12.0 Å². The van der Waals surface area contributed by atoms with Gasteiger partial charge in [-0.1, -0.05) is 31.2 Å². The lowest BCUT2D eigenvalue weighted by atomic mass is 10.1. The van der Waals surface area contributed by atoms with Gasteiger partial charge in [-0.25, -0.2) is 4.39 Å². The second kappa shape index (κ2) is 10.8. The maximum absolute atomic E-state index is 13.6. The van der Waals surface area contributed by atoms with E-state index < -0.39 is 24.3 Å². The molecule has 0 heterocycles. The molecule has 0 saturated carbocycles. The zero-order valence-electron chi connectivity index (χ0n) is 16.3. The van der Waals surface area contributed by atoms with Crippen molar-refractivity contribution < 1.29 is 28.2 Å². The van der Waals surface area contributed by atoms with Gasteiger partial charge in [0.05, 0.1) is 20.1 Å². The van der Waals surface area contributed by atoms with E-state index in [1.54, 1.807) is 6.07 Å². The molecule has 2 aromatic carbocycles. The number of aryl methyl sites for hydroxylation is 1. The first-order valence-corrected chi connectivity index (χ1v) is 9.05. The molecule has 0 atom stereocenters. The summed E-state index contributed by atoms with van der Waals surface area (Å²) in [4.78, 5) is 35.5. The van der Waals surface area contributed by atoms with Crippen LogP contribution in [0.3, 0.4) is 0 Å². The zero-order chi connectivity index (χ0) is 21.2. The van der Waals surface area contributed by atoms with E-state index in [0.29, 0.717) is 11.3 Å². The van der Waals surface area contributed by atoms with Gasteiger partial charge in [-0.3, -0.25) is 14.4 Å². The van der Waals surface area contributed by atoms with Crippen LogP contribution >= 0.6 is 0 Å². The number of rotatable bonds is 9.